The Hall–Kier alpha value is -1.95. The van der Waals surface area contributed by atoms with Crippen molar-refractivity contribution in [3.05, 3.63) is 24.3 Å². The fourth-order valence-electron chi connectivity index (χ4n) is 3.26. The van der Waals surface area contributed by atoms with E-state index < -0.39 is 0 Å². The van der Waals surface area contributed by atoms with Crippen LogP contribution in [-0.2, 0) is 4.74 Å². The molecule has 1 aromatic carbocycles. The van der Waals surface area contributed by atoms with Crippen LogP contribution in [-0.4, -0.2) is 63.5 Å². The van der Waals surface area contributed by atoms with Gasteiger partial charge in [-0.2, -0.15) is 0 Å². The maximum absolute atomic E-state index is 12.3. The molecular weight excluding hydrogens is 306 g/mol. The second-order valence-corrected chi connectivity index (χ2v) is 6.35. The Morgan fingerprint density at radius 2 is 2.12 bits per heavy atom. The van der Waals surface area contributed by atoms with Gasteiger partial charge in [0.25, 0.3) is 0 Å². The third-order valence-electron chi connectivity index (χ3n) is 4.74. The lowest BCUT2D eigenvalue weighted by Gasteiger charge is -2.36. The van der Waals surface area contributed by atoms with Gasteiger partial charge in [0.15, 0.2) is 0 Å². The molecule has 2 saturated heterocycles. The molecule has 0 aromatic heterocycles. The van der Waals surface area contributed by atoms with E-state index in [-0.39, 0.29) is 12.1 Å². The summed E-state index contributed by atoms with van der Waals surface area (Å²) in [4.78, 5) is 16.5. The minimum absolute atomic E-state index is 0.0227. The molecule has 2 amide bonds. The maximum atomic E-state index is 12.3. The Morgan fingerprint density at radius 1 is 1.29 bits per heavy atom. The lowest BCUT2D eigenvalue weighted by molar-refractivity contribution is 0.0177. The van der Waals surface area contributed by atoms with Crippen LogP contribution >= 0.6 is 0 Å². The van der Waals surface area contributed by atoms with Crippen LogP contribution in [0.15, 0.2) is 24.3 Å². The first-order chi connectivity index (χ1) is 11.8. The lowest BCUT2D eigenvalue weighted by atomic mass is 10.1. The Balaban J connectivity index is 1.44. The number of anilines is 1. The molecule has 24 heavy (non-hydrogen) atoms. The quantitative estimate of drug-likeness (QED) is 0.917. The number of hydrogen-bond donors (Lipinski definition) is 1. The van der Waals surface area contributed by atoms with Crippen molar-refractivity contribution in [1.82, 2.24) is 10.2 Å². The number of hydrogen-bond acceptors (Lipinski definition) is 4. The van der Waals surface area contributed by atoms with Gasteiger partial charge in [0.05, 0.1) is 13.2 Å². The van der Waals surface area contributed by atoms with Gasteiger partial charge in [0.2, 0.25) is 0 Å². The summed E-state index contributed by atoms with van der Waals surface area (Å²) in [6.07, 6.45) is 3.56. The zero-order chi connectivity index (χ0) is 16.8. The van der Waals surface area contributed by atoms with Gasteiger partial charge in [-0.3, -0.25) is 0 Å². The smallest absolute Gasteiger partial charge is 0.317 e. The molecule has 0 unspecified atom stereocenters. The van der Waals surface area contributed by atoms with Crippen molar-refractivity contribution in [1.29, 1.82) is 0 Å². The van der Waals surface area contributed by atoms with Gasteiger partial charge in [-0.15, -0.1) is 0 Å². The molecule has 1 N–H and O–H groups in total. The standard InChI is InChI=1S/C18H27N3O3/c1-23-16-7-4-5-15(13-16)20-8-10-21(11-9-20)18(22)19-14-17-6-2-3-12-24-17/h4-5,7,13,17H,2-3,6,8-12,14H2,1H3,(H,19,22)/t17-/m0/s1. The van der Waals surface area contributed by atoms with Gasteiger partial charge >= 0.3 is 6.03 Å². The van der Waals surface area contributed by atoms with Crippen LogP contribution in [0.2, 0.25) is 0 Å². The molecular formula is C18H27N3O3. The first-order valence-electron chi connectivity index (χ1n) is 8.79. The molecule has 1 aromatic rings. The first kappa shape index (κ1) is 16.9. The van der Waals surface area contributed by atoms with Crippen molar-refractivity contribution in [2.75, 3.05) is 51.3 Å². The topological polar surface area (TPSA) is 54.0 Å². The van der Waals surface area contributed by atoms with Gasteiger partial charge in [0, 0.05) is 51.1 Å². The van der Waals surface area contributed by atoms with Crippen LogP contribution < -0.4 is 15.0 Å². The van der Waals surface area contributed by atoms with Crippen LogP contribution in [0.4, 0.5) is 10.5 Å². The van der Waals surface area contributed by atoms with E-state index in [0.717, 1.165) is 57.1 Å². The fraction of sp³-hybridized carbons (Fsp3) is 0.611. The normalized spacial score (nSPS) is 21.5. The van der Waals surface area contributed by atoms with Crippen molar-refractivity contribution >= 4 is 11.7 Å². The predicted octanol–water partition coefficient (Wildman–Crippen LogP) is 2.10. The average molecular weight is 333 g/mol. The van der Waals surface area contributed by atoms with E-state index >= 15 is 0 Å². The summed E-state index contributed by atoms with van der Waals surface area (Å²) < 4.78 is 10.9. The molecule has 6 heteroatoms. The largest absolute Gasteiger partial charge is 0.497 e. The average Bonchev–Trinajstić information content (AvgIpc) is 2.67. The van der Waals surface area contributed by atoms with Crippen LogP contribution in [0.1, 0.15) is 19.3 Å². The second-order valence-electron chi connectivity index (χ2n) is 6.35. The monoisotopic (exact) mass is 333 g/mol. The van der Waals surface area contributed by atoms with E-state index in [4.69, 9.17) is 9.47 Å². The van der Waals surface area contributed by atoms with Crippen LogP contribution in [0.25, 0.3) is 0 Å². The highest BCUT2D eigenvalue weighted by atomic mass is 16.5. The van der Waals surface area contributed by atoms with E-state index in [1.54, 1.807) is 7.11 Å². The number of nitrogens with one attached hydrogen (secondary N) is 1. The van der Waals surface area contributed by atoms with Crippen molar-refractivity contribution in [3.8, 4) is 5.75 Å². The summed E-state index contributed by atoms with van der Waals surface area (Å²) in [7, 11) is 1.68. The van der Waals surface area contributed by atoms with E-state index in [9.17, 15) is 4.79 Å². The molecule has 0 radical (unpaired) electrons. The molecule has 2 heterocycles. The number of methoxy groups -OCH3 is 1. The van der Waals surface area contributed by atoms with Gasteiger partial charge in [0.1, 0.15) is 5.75 Å². The van der Waals surface area contributed by atoms with Crippen molar-refractivity contribution in [2.45, 2.75) is 25.4 Å². The molecule has 0 bridgehead atoms. The van der Waals surface area contributed by atoms with Gasteiger partial charge < -0.3 is 24.6 Å². The Kier molecular flexibility index (Phi) is 5.80. The number of urea groups is 1. The summed E-state index contributed by atoms with van der Waals surface area (Å²) in [6.45, 7) is 4.57. The molecule has 132 valence electrons. The number of carbonyl (C=O) groups excluding carboxylic acids is 1. The molecule has 2 aliphatic rings. The zero-order valence-electron chi connectivity index (χ0n) is 14.4. The maximum Gasteiger partial charge on any atom is 0.317 e. The third-order valence-corrected chi connectivity index (χ3v) is 4.74. The summed E-state index contributed by atoms with van der Waals surface area (Å²) in [6, 6.07) is 8.08. The van der Waals surface area contributed by atoms with E-state index in [0.29, 0.717) is 6.54 Å². The first-order valence-corrected chi connectivity index (χ1v) is 8.79. The van der Waals surface area contributed by atoms with Crippen LogP contribution in [0, 0.1) is 0 Å². The summed E-state index contributed by atoms with van der Waals surface area (Å²) in [5.41, 5.74) is 1.14. The molecule has 0 aliphatic carbocycles. The molecule has 2 aliphatic heterocycles. The number of amides is 2. The molecule has 6 nitrogen and oxygen atoms in total. The van der Waals surface area contributed by atoms with Crippen LogP contribution in [0.5, 0.6) is 5.75 Å². The van der Waals surface area contributed by atoms with E-state index in [1.165, 1.54) is 6.42 Å². The second kappa shape index (κ2) is 8.24. The molecule has 0 saturated carbocycles. The van der Waals surface area contributed by atoms with Crippen molar-refractivity contribution in [2.24, 2.45) is 0 Å². The SMILES string of the molecule is COc1cccc(N2CCN(C(=O)NC[C@@H]3CCCCO3)CC2)c1. The molecule has 2 fully saturated rings. The molecule has 3 rings (SSSR count). The Morgan fingerprint density at radius 3 is 2.83 bits per heavy atom. The van der Waals surface area contributed by atoms with E-state index in [1.807, 2.05) is 23.1 Å². The number of rotatable bonds is 4. The number of ether oxygens (including phenoxy) is 2. The summed E-state index contributed by atoms with van der Waals surface area (Å²) in [5, 5.41) is 3.02. The third kappa shape index (κ3) is 4.32. The highest BCUT2D eigenvalue weighted by Crippen LogP contribution is 2.22. The van der Waals surface area contributed by atoms with Crippen molar-refractivity contribution in [3.63, 3.8) is 0 Å². The van der Waals surface area contributed by atoms with Gasteiger partial charge in [-0.05, 0) is 31.4 Å². The minimum atomic E-state index is 0.0227. The number of piperazine rings is 1. The van der Waals surface area contributed by atoms with Gasteiger partial charge in [-0.1, -0.05) is 6.07 Å². The van der Waals surface area contributed by atoms with Gasteiger partial charge in [-0.25, -0.2) is 4.79 Å². The van der Waals surface area contributed by atoms with E-state index in [2.05, 4.69) is 16.3 Å². The summed E-state index contributed by atoms with van der Waals surface area (Å²) >= 11 is 0. The van der Waals surface area contributed by atoms with Crippen LogP contribution in [0.3, 0.4) is 0 Å². The number of nitrogens with zero attached hydrogens (tertiary/aromatic N) is 2. The molecule has 1 atom stereocenters. The Labute approximate surface area is 143 Å². The number of carbonyl (C=O) groups is 1. The highest BCUT2D eigenvalue weighted by molar-refractivity contribution is 5.74. The minimum Gasteiger partial charge on any atom is -0.497 e. The van der Waals surface area contributed by atoms with Crippen molar-refractivity contribution < 1.29 is 14.3 Å². The molecule has 0 spiro atoms. The summed E-state index contributed by atoms with van der Waals surface area (Å²) in [5.74, 6) is 0.861. The fourth-order valence-corrected chi connectivity index (χ4v) is 3.26. The lowest BCUT2D eigenvalue weighted by Crippen LogP contribution is -2.53. The predicted molar refractivity (Wildman–Crippen MR) is 93.8 cm³/mol. The Bertz CT molecular complexity index is 538. The number of benzene rings is 1. The zero-order valence-corrected chi connectivity index (χ0v) is 14.4. The highest BCUT2D eigenvalue weighted by Gasteiger charge is 2.22.